The first-order valence-electron chi connectivity index (χ1n) is 12.2. The van der Waals surface area contributed by atoms with Crippen molar-refractivity contribution in [2.45, 2.75) is 26.2 Å². The Balaban J connectivity index is 1.32. The Morgan fingerprint density at radius 1 is 1.10 bits per heavy atom. The molecule has 1 fully saturated rings. The minimum Gasteiger partial charge on any atom is -0.435 e. The summed E-state index contributed by atoms with van der Waals surface area (Å²) >= 11 is 17.7. The van der Waals surface area contributed by atoms with Gasteiger partial charge in [0.25, 0.3) is 11.6 Å². The number of halogens is 2. The van der Waals surface area contributed by atoms with Crippen LogP contribution in [0.2, 0.25) is 10.0 Å². The summed E-state index contributed by atoms with van der Waals surface area (Å²) in [5.41, 5.74) is 3.64. The molecule has 4 aromatic rings. The number of piperidine rings is 1. The van der Waals surface area contributed by atoms with Gasteiger partial charge in [-0.25, -0.2) is 4.98 Å². The number of fused-ring (bicyclic) bond motifs is 1. The summed E-state index contributed by atoms with van der Waals surface area (Å²) in [6.07, 6.45) is 3.07. The predicted octanol–water partition coefficient (Wildman–Crippen LogP) is 7.14. The third kappa shape index (κ3) is 5.83. The number of aromatic nitrogens is 1. The second kappa shape index (κ2) is 11.2. The van der Waals surface area contributed by atoms with Crippen LogP contribution in [0.15, 0.2) is 52.9 Å². The molecule has 12 heteroatoms. The monoisotopic (exact) mass is 583 g/mol. The molecule has 1 aliphatic rings. The molecule has 5 rings (SSSR count). The van der Waals surface area contributed by atoms with Crippen molar-refractivity contribution in [2.75, 3.05) is 23.3 Å². The van der Waals surface area contributed by atoms with Crippen molar-refractivity contribution in [1.82, 2.24) is 10.3 Å². The molecular formula is C27H23Cl2N5O4S. The second-order valence-corrected chi connectivity index (χ2v) is 10.5. The molecule has 0 bridgehead atoms. The van der Waals surface area contributed by atoms with E-state index < -0.39 is 10.8 Å². The van der Waals surface area contributed by atoms with Gasteiger partial charge in [0, 0.05) is 41.0 Å². The number of hydrogen-bond acceptors (Lipinski definition) is 7. The molecule has 0 saturated carbocycles. The molecule has 1 saturated heterocycles. The van der Waals surface area contributed by atoms with Crippen LogP contribution in [-0.4, -0.2) is 34.0 Å². The minimum absolute atomic E-state index is 0.0374. The van der Waals surface area contributed by atoms with Crippen LogP contribution in [-0.2, 0) is 0 Å². The molecule has 39 heavy (non-hydrogen) atoms. The van der Waals surface area contributed by atoms with E-state index in [1.165, 1.54) is 6.07 Å². The standard InChI is InChI=1S/C27H23Cl2N5O4S/c1-15-5-6-17(26-30-21-14-18(28)13-19(29)24(21)38-26)11-20(15)31-27(39)32-25(35)16-7-8-22(23(12-16)34(36)37)33-9-3-2-4-10-33/h5-8,11-14H,2-4,9-10H2,1H3,(H2,31,32,35,39). The number of nitro groups is 1. The van der Waals surface area contributed by atoms with Crippen LogP contribution in [0.5, 0.6) is 0 Å². The van der Waals surface area contributed by atoms with E-state index in [1.807, 2.05) is 24.0 Å². The zero-order chi connectivity index (χ0) is 27.7. The normalized spacial score (nSPS) is 13.4. The van der Waals surface area contributed by atoms with Crippen molar-refractivity contribution in [3.05, 3.63) is 79.8 Å². The third-order valence-electron chi connectivity index (χ3n) is 6.50. The molecule has 0 spiro atoms. The lowest BCUT2D eigenvalue weighted by molar-refractivity contribution is -0.384. The number of carbonyl (C=O) groups excluding carboxylic acids is 1. The Morgan fingerprint density at radius 2 is 1.87 bits per heavy atom. The highest BCUT2D eigenvalue weighted by Gasteiger charge is 2.23. The first-order chi connectivity index (χ1) is 18.7. The van der Waals surface area contributed by atoms with E-state index in [9.17, 15) is 14.9 Å². The molecule has 2 N–H and O–H groups in total. The van der Waals surface area contributed by atoms with Gasteiger partial charge < -0.3 is 14.6 Å². The van der Waals surface area contributed by atoms with Gasteiger partial charge in [-0.3, -0.25) is 20.2 Å². The van der Waals surface area contributed by atoms with Crippen molar-refractivity contribution in [1.29, 1.82) is 0 Å². The SMILES string of the molecule is Cc1ccc(-c2nc3cc(Cl)cc(Cl)c3o2)cc1NC(=S)NC(=O)c1ccc(N2CCCCC2)c([N+](=O)[O-])c1. The minimum atomic E-state index is -0.555. The number of oxazole rings is 1. The fourth-order valence-electron chi connectivity index (χ4n) is 4.51. The van der Waals surface area contributed by atoms with Gasteiger partial charge in [0.15, 0.2) is 10.7 Å². The van der Waals surface area contributed by atoms with Gasteiger partial charge in [-0.15, -0.1) is 0 Å². The molecular weight excluding hydrogens is 561 g/mol. The van der Waals surface area contributed by atoms with Gasteiger partial charge in [-0.05, 0) is 80.4 Å². The molecule has 0 atom stereocenters. The molecule has 200 valence electrons. The molecule has 0 radical (unpaired) electrons. The second-order valence-electron chi connectivity index (χ2n) is 9.20. The molecule has 3 aromatic carbocycles. The molecule has 1 aliphatic heterocycles. The topological polar surface area (TPSA) is 114 Å². The van der Waals surface area contributed by atoms with Gasteiger partial charge in [0.1, 0.15) is 11.2 Å². The van der Waals surface area contributed by atoms with Gasteiger partial charge in [0.05, 0.1) is 9.95 Å². The van der Waals surface area contributed by atoms with Gasteiger partial charge in [-0.1, -0.05) is 29.3 Å². The van der Waals surface area contributed by atoms with Crippen molar-refractivity contribution in [3.8, 4) is 11.5 Å². The Hall–Kier alpha value is -3.73. The zero-order valence-corrected chi connectivity index (χ0v) is 23.1. The molecule has 1 amide bonds. The molecule has 0 unspecified atom stereocenters. The average molecular weight is 584 g/mol. The highest BCUT2D eigenvalue weighted by molar-refractivity contribution is 7.80. The average Bonchev–Trinajstić information content (AvgIpc) is 3.34. The summed E-state index contributed by atoms with van der Waals surface area (Å²) < 4.78 is 5.86. The highest BCUT2D eigenvalue weighted by Crippen LogP contribution is 2.34. The van der Waals surface area contributed by atoms with E-state index in [-0.39, 0.29) is 16.4 Å². The van der Waals surface area contributed by atoms with Gasteiger partial charge >= 0.3 is 0 Å². The number of benzene rings is 3. The number of rotatable bonds is 5. The lowest BCUT2D eigenvalue weighted by Gasteiger charge is -2.28. The third-order valence-corrected chi connectivity index (χ3v) is 7.20. The first kappa shape index (κ1) is 26.9. The summed E-state index contributed by atoms with van der Waals surface area (Å²) in [6.45, 7) is 3.38. The fourth-order valence-corrected chi connectivity index (χ4v) is 5.24. The number of amides is 1. The summed E-state index contributed by atoms with van der Waals surface area (Å²) in [5.74, 6) is -0.214. The number of aryl methyl sites for hydroxylation is 1. The highest BCUT2D eigenvalue weighted by atomic mass is 35.5. The Labute approximate surface area is 239 Å². The van der Waals surface area contributed by atoms with E-state index in [1.54, 1.807) is 30.3 Å². The lowest BCUT2D eigenvalue weighted by Crippen LogP contribution is -2.34. The van der Waals surface area contributed by atoms with Crippen molar-refractivity contribution >= 4 is 74.6 Å². The largest absolute Gasteiger partial charge is 0.435 e. The van der Waals surface area contributed by atoms with Crippen molar-refractivity contribution < 1.29 is 14.1 Å². The number of hydrogen-bond donors (Lipinski definition) is 2. The fraction of sp³-hybridized carbons (Fsp3) is 0.222. The zero-order valence-electron chi connectivity index (χ0n) is 20.8. The number of nitrogens with zero attached hydrogens (tertiary/aromatic N) is 3. The van der Waals surface area contributed by atoms with E-state index in [4.69, 9.17) is 39.8 Å². The van der Waals surface area contributed by atoms with E-state index in [0.717, 1.165) is 37.9 Å². The Kier molecular flexibility index (Phi) is 7.69. The lowest BCUT2D eigenvalue weighted by atomic mass is 10.1. The van der Waals surface area contributed by atoms with E-state index >= 15 is 0 Å². The van der Waals surface area contributed by atoms with Crippen LogP contribution < -0.4 is 15.5 Å². The molecule has 1 aromatic heterocycles. The van der Waals surface area contributed by atoms with Crippen LogP contribution in [0, 0.1) is 17.0 Å². The van der Waals surface area contributed by atoms with Crippen LogP contribution in [0.25, 0.3) is 22.6 Å². The van der Waals surface area contributed by atoms with E-state index in [0.29, 0.717) is 44.0 Å². The predicted molar refractivity (Wildman–Crippen MR) is 157 cm³/mol. The van der Waals surface area contributed by atoms with Crippen LogP contribution in [0.4, 0.5) is 17.1 Å². The van der Waals surface area contributed by atoms with Gasteiger partial charge in [0.2, 0.25) is 5.89 Å². The molecule has 2 heterocycles. The molecule has 9 nitrogen and oxygen atoms in total. The number of anilines is 2. The number of thiocarbonyl (C=S) groups is 1. The van der Waals surface area contributed by atoms with Gasteiger partial charge in [-0.2, -0.15) is 0 Å². The quantitative estimate of drug-likeness (QED) is 0.145. The van der Waals surface area contributed by atoms with Crippen LogP contribution >= 0.6 is 35.4 Å². The van der Waals surface area contributed by atoms with E-state index in [2.05, 4.69) is 15.6 Å². The number of carbonyl (C=O) groups is 1. The summed E-state index contributed by atoms with van der Waals surface area (Å²) in [5, 5.41) is 18.2. The van der Waals surface area contributed by atoms with Crippen LogP contribution in [0.3, 0.4) is 0 Å². The maximum Gasteiger partial charge on any atom is 0.293 e. The number of nitrogens with one attached hydrogen (secondary N) is 2. The summed E-state index contributed by atoms with van der Waals surface area (Å²) in [4.78, 5) is 30.7. The van der Waals surface area contributed by atoms with Crippen LogP contribution in [0.1, 0.15) is 35.2 Å². The van der Waals surface area contributed by atoms with Crippen molar-refractivity contribution in [2.24, 2.45) is 0 Å². The van der Waals surface area contributed by atoms with Crippen molar-refractivity contribution in [3.63, 3.8) is 0 Å². The maximum atomic E-state index is 12.9. The summed E-state index contributed by atoms with van der Waals surface area (Å²) in [6, 6.07) is 13.2. The molecule has 0 aliphatic carbocycles. The number of nitro benzene ring substituents is 1. The Bertz CT molecular complexity index is 1620. The Morgan fingerprint density at radius 3 is 2.62 bits per heavy atom. The summed E-state index contributed by atoms with van der Waals surface area (Å²) in [7, 11) is 0. The first-order valence-corrected chi connectivity index (χ1v) is 13.4. The smallest absolute Gasteiger partial charge is 0.293 e. The maximum absolute atomic E-state index is 12.9.